The summed E-state index contributed by atoms with van der Waals surface area (Å²) in [6.07, 6.45) is 5.26. The summed E-state index contributed by atoms with van der Waals surface area (Å²) in [6, 6.07) is 3.83. The largest absolute Gasteiger partial charge is 0.463 e. The standard InChI is InChI=1S/C19H26N4O2S/c24-19(23-6-2-1-3-7-23)14-22-10-8-21(9-11-22)13-18-20-16(15-26-18)17-5-4-12-25-17/h4-5,12,15H,1-3,6-11,13-14H2. The number of nitrogens with zero attached hydrogens (tertiary/aromatic N) is 4. The van der Waals surface area contributed by atoms with Crippen LogP contribution in [0.25, 0.3) is 11.5 Å². The quantitative estimate of drug-likeness (QED) is 0.805. The van der Waals surface area contributed by atoms with E-state index in [-0.39, 0.29) is 0 Å². The average Bonchev–Trinajstić information content (AvgIpc) is 3.36. The second-order valence-corrected chi connectivity index (χ2v) is 8.04. The van der Waals surface area contributed by atoms with Crippen LogP contribution < -0.4 is 0 Å². The first-order valence-electron chi connectivity index (χ1n) is 9.49. The van der Waals surface area contributed by atoms with Gasteiger partial charge in [0.25, 0.3) is 0 Å². The number of amides is 1. The van der Waals surface area contributed by atoms with Gasteiger partial charge < -0.3 is 9.32 Å². The van der Waals surface area contributed by atoms with Gasteiger partial charge in [-0.1, -0.05) is 0 Å². The van der Waals surface area contributed by atoms with Crippen molar-refractivity contribution in [1.29, 1.82) is 0 Å². The molecule has 2 aromatic heterocycles. The van der Waals surface area contributed by atoms with E-state index in [1.165, 1.54) is 6.42 Å². The zero-order valence-electron chi connectivity index (χ0n) is 15.1. The molecular formula is C19H26N4O2S. The zero-order chi connectivity index (χ0) is 17.8. The van der Waals surface area contributed by atoms with Crippen LogP contribution in [0, 0.1) is 0 Å². The molecule has 1 amide bonds. The minimum absolute atomic E-state index is 0.307. The van der Waals surface area contributed by atoms with E-state index in [2.05, 4.69) is 20.2 Å². The fraction of sp³-hybridized carbons (Fsp3) is 0.579. The number of thiazole rings is 1. The van der Waals surface area contributed by atoms with Crippen LogP contribution in [0.4, 0.5) is 0 Å². The maximum Gasteiger partial charge on any atom is 0.236 e. The van der Waals surface area contributed by atoms with Crippen molar-refractivity contribution in [2.75, 3.05) is 45.8 Å². The van der Waals surface area contributed by atoms with Crippen molar-refractivity contribution in [1.82, 2.24) is 19.7 Å². The van der Waals surface area contributed by atoms with Gasteiger partial charge in [-0.25, -0.2) is 4.98 Å². The summed E-state index contributed by atoms with van der Waals surface area (Å²) in [5.41, 5.74) is 0.917. The van der Waals surface area contributed by atoms with Crippen LogP contribution in [0.5, 0.6) is 0 Å². The lowest BCUT2D eigenvalue weighted by molar-refractivity contribution is -0.133. The van der Waals surface area contributed by atoms with Gasteiger partial charge in [-0.05, 0) is 31.4 Å². The first-order valence-corrected chi connectivity index (χ1v) is 10.4. The highest BCUT2D eigenvalue weighted by atomic mass is 32.1. The van der Waals surface area contributed by atoms with Crippen molar-refractivity contribution in [3.63, 3.8) is 0 Å². The van der Waals surface area contributed by atoms with E-state index >= 15 is 0 Å². The number of likely N-dealkylation sites (tertiary alicyclic amines) is 1. The number of piperazine rings is 1. The molecule has 2 fully saturated rings. The highest BCUT2D eigenvalue weighted by Crippen LogP contribution is 2.23. The first-order chi connectivity index (χ1) is 12.8. The van der Waals surface area contributed by atoms with E-state index < -0.39 is 0 Å². The molecule has 0 aliphatic carbocycles. The van der Waals surface area contributed by atoms with E-state index in [0.29, 0.717) is 12.5 Å². The number of furan rings is 1. The maximum atomic E-state index is 12.4. The van der Waals surface area contributed by atoms with Gasteiger partial charge in [0.2, 0.25) is 5.91 Å². The Morgan fingerprint density at radius 2 is 1.85 bits per heavy atom. The van der Waals surface area contributed by atoms with E-state index in [9.17, 15) is 4.79 Å². The molecule has 4 heterocycles. The van der Waals surface area contributed by atoms with Crippen molar-refractivity contribution in [2.45, 2.75) is 25.8 Å². The minimum atomic E-state index is 0.307. The summed E-state index contributed by atoms with van der Waals surface area (Å²) in [5.74, 6) is 1.13. The molecule has 0 spiro atoms. The Labute approximate surface area is 158 Å². The highest BCUT2D eigenvalue weighted by Gasteiger charge is 2.23. The summed E-state index contributed by atoms with van der Waals surface area (Å²) in [7, 11) is 0. The number of piperidine rings is 1. The Kier molecular flexibility index (Phi) is 5.67. The van der Waals surface area contributed by atoms with E-state index in [0.717, 1.165) is 75.1 Å². The zero-order valence-corrected chi connectivity index (χ0v) is 15.9. The number of aromatic nitrogens is 1. The first kappa shape index (κ1) is 17.7. The predicted molar refractivity (Wildman–Crippen MR) is 102 cm³/mol. The molecule has 0 saturated carbocycles. The molecule has 2 aliphatic rings. The second kappa shape index (κ2) is 8.33. The van der Waals surface area contributed by atoms with E-state index in [4.69, 9.17) is 4.42 Å². The minimum Gasteiger partial charge on any atom is -0.463 e. The van der Waals surface area contributed by atoms with Crippen LogP contribution in [0.1, 0.15) is 24.3 Å². The third-order valence-corrected chi connectivity index (χ3v) is 6.05. The van der Waals surface area contributed by atoms with Crippen LogP contribution >= 0.6 is 11.3 Å². The lowest BCUT2D eigenvalue weighted by Crippen LogP contribution is -2.50. The molecule has 0 aromatic carbocycles. The van der Waals surface area contributed by atoms with Crippen LogP contribution in [0.2, 0.25) is 0 Å². The Bertz CT molecular complexity index is 701. The molecule has 140 valence electrons. The molecule has 4 rings (SSSR count). The Morgan fingerprint density at radius 1 is 1.08 bits per heavy atom. The molecule has 0 unspecified atom stereocenters. The summed E-state index contributed by atoms with van der Waals surface area (Å²) < 4.78 is 5.41. The molecule has 0 radical (unpaired) electrons. The molecule has 0 atom stereocenters. The topological polar surface area (TPSA) is 52.8 Å². The maximum absolute atomic E-state index is 12.4. The molecule has 2 aromatic rings. The fourth-order valence-corrected chi connectivity index (χ4v) is 4.48. The lowest BCUT2D eigenvalue weighted by atomic mass is 10.1. The van der Waals surface area contributed by atoms with Crippen LogP contribution in [0.3, 0.4) is 0 Å². The van der Waals surface area contributed by atoms with Crippen molar-refractivity contribution >= 4 is 17.2 Å². The third-order valence-electron chi connectivity index (χ3n) is 5.22. The normalized spacial score (nSPS) is 19.8. The van der Waals surface area contributed by atoms with Crippen LogP contribution in [-0.2, 0) is 11.3 Å². The van der Waals surface area contributed by atoms with Gasteiger partial charge >= 0.3 is 0 Å². The smallest absolute Gasteiger partial charge is 0.236 e. The SMILES string of the molecule is O=C(CN1CCN(Cc2nc(-c3ccco3)cs2)CC1)N1CCCCC1. The molecular weight excluding hydrogens is 348 g/mol. The summed E-state index contributed by atoms with van der Waals surface area (Å²) in [5, 5.41) is 3.18. The molecule has 2 saturated heterocycles. The fourth-order valence-electron chi connectivity index (χ4n) is 3.65. The molecule has 6 nitrogen and oxygen atoms in total. The van der Waals surface area contributed by atoms with Gasteiger partial charge in [-0.3, -0.25) is 14.6 Å². The summed E-state index contributed by atoms with van der Waals surface area (Å²) in [4.78, 5) is 23.9. The molecule has 7 heteroatoms. The van der Waals surface area contributed by atoms with E-state index in [1.807, 2.05) is 17.0 Å². The number of carbonyl (C=O) groups excluding carboxylic acids is 1. The van der Waals surface area contributed by atoms with Crippen molar-refractivity contribution in [2.24, 2.45) is 0 Å². The lowest BCUT2D eigenvalue weighted by Gasteiger charge is -2.35. The molecule has 26 heavy (non-hydrogen) atoms. The number of rotatable bonds is 5. The van der Waals surface area contributed by atoms with Crippen LogP contribution in [0.15, 0.2) is 28.2 Å². The number of hydrogen-bond acceptors (Lipinski definition) is 6. The average molecular weight is 375 g/mol. The van der Waals surface area contributed by atoms with Gasteiger partial charge in [0.05, 0.1) is 19.4 Å². The highest BCUT2D eigenvalue weighted by molar-refractivity contribution is 7.09. The Hall–Kier alpha value is -1.70. The van der Waals surface area contributed by atoms with Crippen molar-refractivity contribution in [3.05, 3.63) is 28.8 Å². The van der Waals surface area contributed by atoms with Crippen LogP contribution in [-0.4, -0.2) is 71.4 Å². The van der Waals surface area contributed by atoms with Crippen molar-refractivity contribution < 1.29 is 9.21 Å². The number of hydrogen-bond donors (Lipinski definition) is 0. The van der Waals surface area contributed by atoms with Gasteiger partial charge in [0.1, 0.15) is 10.7 Å². The monoisotopic (exact) mass is 374 g/mol. The van der Waals surface area contributed by atoms with Crippen molar-refractivity contribution in [3.8, 4) is 11.5 Å². The van der Waals surface area contributed by atoms with Gasteiger partial charge in [-0.15, -0.1) is 11.3 Å². The number of carbonyl (C=O) groups is 1. The Morgan fingerprint density at radius 3 is 2.58 bits per heavy atom. The van der Waals surface area contributed by atoms with Gasteiger partial charge in [-0.2, -0.15) is 0 Å². The van der Waals surface area contributed by atoms with Gasteiger partial charge in [0.15, 0.2) is 5.76 Å². The third kappa shape index (κ3) is 4.34. The predicted octanol–water partition coefficient (Wildman–Crippen LogP) is 2.53. The van der Waals surface area contributed by atoms with Gasteiger partial charge in [0, 0.05) is 44.6 Å². The second-order valence-electron chi connectivity index (χ2n) is 7.10. The molecule has 0 bridgehead atoms. The molecule has 2 aliphatic heterocycles. The summed E-state index contributed by atoms with van der Waals surface area (Å²) >= 11 is 1.68. The molecule has 0 N–H and O–H groups in total. The summed E-state index contributed by atoms with van der Waals surface area (Å²) in [6.45, 7) is 7.23. The van der Waals surface area contributed by atoms with E-state index in [1.54, 1.807) is 17.6 Å². The Balaban J connectivity index is 1.23.